The minimum atomic E-state index is -3.84. The molecule has 2 fully saturated rings. The molecule has 1 heterocycles. The highest BCUT2D eigenvalue weighted by Crippen LogP contribution is 2.48. The monoisotopic (exact) mass is 313 g/mol. The van der Waals surface area contributed by atoms with Crippen molar-refractivity contribution in [2.75, 3.05) is 13.6 Å². The second kappa shape index (κ2) is 5.10. The summed E-state index contributed by atoms with van der Waals surface area (Å²) in [6, 6.07) is 0. The van der Waals surface area contributed by atoms with Crippen LogP contribution in [0, 0.1) is 17.8 Å². The molecule has 1 aromatic rings. The highest BCUT2D eigenvalue weighted by atomic mass is 32.2. The fourth-order valence-electron chi connectivity index (χ4n) is 3.81. The highest BCUT2D eigenvalue weighted by Gasteiger charge is 2.41. The van der Waals surface area contributed by atoms with Gasteiger partial charge in [-0.15, -0.1) is 0 Å². The standard InChI is InChI=1S/C13H19N3O4S/c1-16(7-10-5-8-2-3-9(10)4-8)21(19,20)12-11(13(17)18)6-14-15-12/h6,8-10H,2-5,7H2,1H3,(H,14,15)(H,17,18). The first-order valence-electron chi connectivity index (χ1n) is 7.12. The molecule has 1 aromatic heterocycles. The lowest BCUT2D eigenvalue weighted by molar-refractivity contribution is 0.0692. The number of nitrogens with zero attached hydrogens (tertiary/aromatic N) is 2. The SMILES string of the molecule is CN(CC1CC2CCC1C2)S(=O)(=O)c1[nH]ncc1C(=O)O. The van der Waals surface area contributed by atoms with Gasteiger partial charge in [-0.25, -0.2) is 13.2 Å². The van der Waals surface area contributed by atoms with Crippen molar-refractivity contribution in [2.45, 2.75) is 30.7 Å². The van der Waals surface area contributed by atoms with Gasteiger partial charge in [0.1, 0.15) is 5.56 Å². The van der Waals surface area contributed by atoms with E-state index in [0.29, 0.717) is 18.4 Å². The fraction of sp³-hybridized carbons (Fsp3) is 0.692. The third-order valence-electron chi connectivity index (χ3n) is 4.88. The molecule has 116 valence electrons. The van der Waals surface area contributed by atoms with E-state index in [1.807, 2.05) is 0 Å². The van der Waals surface area contributed by atoms with Crippen molar-refractivity contribution in [3.05, 3.63) is 11.8 Å². The Kier molecular flexibility index (Phi) is 3.53. The molecule has 3 unspecified atom stereocenters. The van der Waals surface area contributed by atoms with E-state index < -0.39 is 16.0 Å². The summed E-state index contributed by atoms with van der Waals surface area (Å²) in [6.07, 6.45) is 5.78. The molecule has 2 bridgehead atoms. The maximum absolute atomic E-state index is 12.5. The summed E-state index contributed by atoms with van der Waals surface area (Å²) >= 11 is 0. The number of aromatic amines is 1. The van der Waals surface area contributed by atoms with Gasteiger partial charge in [0, 0.05) is 13.6 Å². The average molecular weight is 313 g/mol. The lowest BCUT2D eigenvalue weighted by Crippen LogP contribution is -2.34. The van der Waals surface area contributed by atoms with Crippen LogP contribution < -0.4 is 0 Å². The normalized spacial score (nSPS) is 28.4. The molecule has 2 aliphatic rings. The van der Waals surface area contributed by atoms with Gasteiger partial charge >= 0.3 is 5.97 Å². The predicted molar refractivity (Wildman–Crippen MR) is 74.3 cm³/mol. The number of H-pyrrole nitrogens is 1. The van der Waals surface area contributed by atoms with E-state index in [9.17, 15) is 13.2 Å². The van der Waals surface area contributed by atoms with Gasteiger partial charge < -0.3 is 5.11 Å². The maximum atomic E-state index is 12.5. The van der Waals surface area contributed by atoms with Crippen molar-refractivity contribution in [2.24, 2.45) is 17.8 Å². The van der Waals surface area contributed by atoms with Crippen LogP contribution in [0.1, 0.15) is 36.0 Å². The molecule has 0 amide bonds. The molecule has 0 saturated heterocycles. The summed E-state index contributed by atoms with van der Waals surface area (Å²) in [5, 5.41) is 14.6. The molecule has 3 rings (SSSR count). The number of hydrogen-bond donors (Lipinski definition) is 2. The van der Waals surface area contributed by atoms with E-state index in [0.717, 1.165) is 18.5 Å². The summed E-state index contributed by atoms with van der Waals surface area (Å²) in [7, 11) is -2.33. The average Bonchev–Trinajstić information content (AvgIpc) is 3.14. The zero-order valence-corrected chi connectivity index (χ0v) is 12.6. The van der Waals surface area contributed by atoms with Crippen LogP contribution >= 0.6 is 0 Å². The first-order chi connectivity index (χ1) is 9.89. The fourth-order valence-corrected chi connectivity index (χ4v) is 5.09. The number of aromatic carboxylic acids is 1. The number of hydrogen-bond acceptors (Lipinski definition) is 4. The van der Waals surface area contributed by atoms with Gasteiger partial charge in [0.05, 0.1) is 6.20 Å². The van der Waals surface area contributed by atoms with Crippen LogP contribution in [0.5, 0.6) is 0 Å². The minimum absolute atomic E-state index is 0.310. The van der Waals surface area contributed by atoms with Gasteiger partial charge in [-0.2, -0.15) is 9.40 Å². The molecule has 0 aliphatic heterocycles. The topological polar surface area (TPSA) is 103 Å². The number of carboxylic acid groups (broad SMARTS) is 1. The Bertz CT molecular complexity index is 654. The molecular weight excluding hydrogens is 294 g/mol. The number of nitrogens with one attached hydrogen (secondary N) is 1. The van der Waals surface area contributed by atoms with Gasteiger partial charge in [0.25, 0.3) is 10.0 Å². The van der Waals surface area contributed by atoms with Crippen LogP contribution in [0.15, 0.2) is 11.2 Å². The third kappa shape index (κ3) is 2.46. The Labute approximate surface area is 123 Å². The number of carboxylic acids is 1. The summed E-state index contributed by atoms with van der Waals surface area (Å²) in [4.78, 5) is 11.1. The Balaban J connectivity index is 1.78. The Morgan fingerprint density at radius 2 is 2.24 bits per heavy atom. The van der Waals surface area contributed by atoms with Crippen LogP contribution in [0.2, 0.25) is 0 Å². The van der Waals surface area contributed by atoms with Crippen LogP contribution in [0.25, 0.3) is 0 Å². The van der Waals surface area contributed by atoms with Crippen LogP contribution in [-0.2, 0) is 10.0 Å². The lowest BCUT2D eigenvalue weighted by atomic mass is 9.89. The molecule has 2 aliphatic carbocycles. The smallest absolute Gasteiger partial charge is 0.340 e. The first-order valence-corrected chi connectivity index (χ1v) is 8.56. The van der Waals surface area contributed by atoms with Crippen molar-refractivity contribution < 1.29 is 18.3 Å². The van der Waals surface area contributed by atoms with Crippen molar-refractivity contribution >= 4 is 16.0 Å². The minimum Gasteiger partial charge on any atom is -0.478 e. The quantitative estimate of drug-likeness (QED) is 0.849. The molecule has 2 saturated carbocycles. The number of fused-ring (bicyclic) bond motifs is 2. The Morgan fingerprint density at radius 1 is 1.48 bits per heavy atom. The molecule has 8 heteroatoms. The van der Waals surface area contributed by atoms with Crippen molar-refractivity contribution in [3.63, 3.8) is 0 Å². The summed E-state index contributed by atoms with van der Waals surface area (Å²) in [5.74, 6) is 0.460. The Morgan fingerprint density at radius 3 is 2.81 bits per heavy atom. The summed E-state index contributed by atoms with van der Waals surface area (Å²) in [5.41, 5.74) is -0.310. The van der Waals surface area contributed by atoms with Gasteiger partial charge in [-0.1, -0.05) is 6.42 Å². The molecule has 0 radical (unpaired) electrons. The van der Waals surface area contributed by atoms with Gasteiger partial charge in [-0.3, -0.25) is 5.10 Å². The van der Waals surface area contributed by atoms with E-state index in [1.165, 1.54) is 30.6 Å². The number of sulfonamides is 1. The molecular formula is C13H19N3O4S. The van der Waals surface area contributed by atoms with E-state index in [-0.39, 0.29) is 10.6 Å². The maximum Gasteiger partial charge on any atom is 0.340 e. The zero-order valence-electron chi connectivity index (χ0n) is 11.8. The number of aromatic nitrogens is 2. The van der Waals surface area contributed by atoms with Crippen molar-refractivity contribution in [1.29, 1.82) is 0 Å². The second-order valence-electron chi connectivity index (χ2n) is 6.14. The van der Waals surface area contributed by atoms with Gasteiger partial charge in [-0.05, 0) is 37.0 Å². The van der Waals surface area contributed by atoms with E-state index in [2.05, 4.69) is 10.2 Å². The van der Waals surface area contributed by atoms with Crippen LogP contribution in [-0.4, -0.2) is 47.6 Å². The zero-order chi connectivity index (χ0) is 15.2. The molecule has 3 atom stereocenters. The van der Waals surface area contributed by atoms with Crippen molar-refractivity contribution in [1.82, 2.24) is 14.5 Å². The second-order valence-corrected chi connectivity index (χ2v) is 8.12. The molecule has 21 heavy (non-hydrogen) atoms. The highest BCUT2D eigenvalue weighted by molar-refractivity contribution is 7.89. The van der Waals surface area contributed by atoms with Crippen LogP contribution in [0.3, 0.4) is 0 Å². The van der Waals surface area contributed by atoms with E-state index in [1.54, 1.807) is 0 Å². The summed E-state index contributed by atoms with van der Waals surface area (Å²) in [6.45, 7) is 0.446. The molecule has 0 spiro atoms. The van der Waals surface area contributed by atoms with Gasteiger partial charge in [0.2, 0.25) is 0 Å². The van der Waals surface area contributed by atoms with Crippen molar-refractivity contribution in [3.8, 4) is 0 Å². The lowest BCUT2D eigenvalue weighted by Gasteiger charge is -2.26. The van der Waals surface area contributed by atoms with E-state index >= 15 is 0 Å². The third-order valence-corrected chi connectivity index (χ3v) is 6.68. The van der Waals surface area contributed by atoms with E-state index in [4.69, 9.17) is 5.11 Å². The first kappa shape index (κ1) is 14.5. The largest absolute Gasteiger partial charge is 0.478 e. The molecule has 2 N–H and O–H groups in total. The van der Waals surface area contributed by atoms with Gasteiger partial charge in [0.15, 0.2) is 5.03 Å². The predicted octanol–water partition coefficient (Wildman–Crippen LogP) is 1.16. The van der Waals surface area contributed by atoms with Crippen LogP contribution in [0.4, 0.5) is 0 Å². The number of rotatable bonds is 5. The summed E-state index contributed by atoms with van der Waals surface area (Å²) < 4.78 is 26.3. The number of carbonyl (C=O) groups is 1. The molecule has 0 aromatic carbocycles. The Hall–Kier alpha value is -1.41. The molecule has 7 nitrogen and oxygen atoms in total.